The maximum Gasteiger partial charge on any atom is 0.180 e. The Labute approximate surface area is 165 Å². The number of nitrogens with zero attached hydrogens (tertiary/aromatic N) is 1. The molecule has 5 heteroatoms. The second-order valence-corrected chi connectivity index (χ2v) is 10.7. The topological polar surface area (TPSA) is 46.5 Å². The standard InChI is InChI=1S/C23H24FNO2S/c1-14-13-18(9-11-20(14)24)15-5-7-16(8-6-15)19-4-2-3-17-10-12-21-23(25-22(17)19)28(21,26)27/h5-9,11,13,17,19,21,23H,2-4,10,12H2,1H3/t17?,19-,21?,23?/m0/s1. The summed E-state index contributed by atoms with van der Waals surface area (Å²) in [4.78, 5) is 4.77. The quantitative estimate of drug-likeness (QED) is 0.666. The van der Waals surface area contributed by atoms with Crippen molar-refractivity contribution in [1.29, 1.82) is 0 Å². The Morgan fingerprint density at radius 1 is 0.964 bits per heavy atom. The highest BCUT2D eigenvalue weighted by molar-refractivity contribution is 7.99. The zero-order valence-electron chi connectivity index (χ0n) is 15.9. The van der Waals surface area contributed by atoms with Crippen LogP contribution in [0.4, 0.5) is 4.39 Å². The van der Waals surface area contributed by atoms with Crippen LogP contribution >= 0.6 is 0 Å². The van der Waals surface area contributed by atoms with E-state index < -0.39 is 15.2 Å². The molecule has 0 amide bonds. The molecule has 2 aromatic carbocycles. The third kappa shape index (κ3) is 2.91. The zero-order chi connectivity index (χ0) is 19.5. The van der Waals surface area contributed by atoms with Gasteiger partial charge < -0.3 is 0 Å². The fourth-order valence-electron chi connectivity index (χ4n) is 4.99. The van der Waals surface area contributed by atoms with Gasteiger partial charge in [-0.15, -0.1) is 0 Å². The van der Waals surface area contributed by atoms with Gasteiger partial charge in [0.1, 0.15) is 11.1 Å². The van der Waals surface area contributed by atoms with E-state index in [0.29, 0.717) is 11.5 Å². The Hall–Kier alpha value is -2.01. The number of rotatable bonds is 2. The highest BCUT2D eigenvalue weighted by Gasteiger charge is 2.59. The molecule has 1 saturated carbocycles. The first-order valence-corrected chi connectivity index (χ1v) is 11.7. The molecule has 0 bridgehead atoms. The molecular formula is C23H24FNO2S. The molecule has 2 fully saturated rings. The van der Waals surface area contributed by atoms with E-state index in [-0.39, 0.29) is 17.0 Å². The van der Waals surface area contributed by atoms with Crippen LogP contribution in [0.1, 0.15) is 49.1 Å². The number of fused-ring (bicyclic) bond motifs is 2. The van der Waals surface area contributed by atoms with E-state index in [9.17, 15) is 12.8 Å². The molecule has 28 heavy (non-hydrogen) atoms. The molecule has 2 aliphatic heterocycles. The lowest BCUT2D eigenvalue weighted by Gasteiger charge is -2.31. The number of benzene rings is 2. The van der Waals surface area contributed by atoms with Crippen LogP contribution in [0.15, 0.2) is 47.5 Å². The van der Waals surface area contributed by atoms with Crippen molar-refractivity contribution < 1.29 is 12.8 Å². The molecule has 0 radical (unpaired) electrons. The van der Waals surface area contributed by atoms with Crippen molar-refractivity contribution in [3.8, 4) is 11.1 Å². The van der Waals surface area contributed by atoms with E-state index in [0.717, 1.165) is 48.9 Å². The van der Waals surface area contributed by atoms with Crippen LogP contribution in [-0.4, -0.2) is 24.8 Å². The maximum atomic E-state index is 13.5. The van der Waals surface area contributed by atoms with Gasteiger partial charge in [-0.1, -0.05) is 36.8 Å². The minimum Gasteiger partial charge on any atom is -0.272 e. The van der Waals surface area contributed by atoms with Gasteiger partial charge in [-0.25, -0.2) is 12.8 Å². The summed E-state index contributed by atoms with van der Waals surface area (Å²) in [6, 6.07) is 13.6. The van der Waals surface area contributed by atoms with Gasteiger partial charge in [-0.2, -0.15) is 0 Å². The van der Waals surface area contributed by atoms with Gasteiger partial charge in [0, 0.05) is 11.6 Å². The van der Waals surface area contributed by atoms with E-state index in [1.54, 1.807) is 6.92 Å². The molecule has 1 saturated heterocycles. The van der Waals surface area contributed by atoms with E-state index >= 15 is 0 Å². The van der Waals surface area contributed by atoms with Crippen molar-refractivity contribution in [3.63, 3.8) is 0 Å². The van der Waals surface area contributed by atoms with Crippen LogP contribution in [-0.2, 0) is 9.84 Å². The lowest BCUT2D eigenvalue weighted by atomic mass is 9.74. The first-order chi connectivity index (χ1) is 13.4. The summed E-state index contributed by atoms with van der Waals surface area (Å²) in [7, 11) is -2.98. The van der Waals surface area contributed by atoms with Crippen molar-refractivity contribution in [1.82, 2.24) is 0 Å². The molecular weight excluding hydrogens is 373 g/mol. The minimum absolute atomic E-state index is 0.187. The van der Waals surface area contributed by atoms with Gasteiger partial charge >= 0.3 is 0 Å². The highest BCUT2D eigenvalue weighted by atomic mass is 32.2. The molecule has 0 aromatic heterocycles. The average molecular weight is 398 g/mol. The summed E-state index contributed by atoms with van der Waals surface area (Å²) >= 11 is 0. The number of hydrogen-bond donors (Lipinski definition) is 0. The molecule has 146 valence electrons. The number of aliphatic imine (C=N–C) groups is 1. The number of sulfone groups is 1. The molecule has 0 spiro atoms. The third-order valence-electron chi connectivity index (χ3n) is 6.70. The average Bonchev–Trinajstić information content (AvgIpc) is 3.29. The van der Waals surface area contributed by atoms with Crippen LogP contribution in [0.25, 0.3) is 11.1 Å². The van der Waals surface area contributed by atoms with Crippen LogP contribution < -0.4 is 0 Å². The summed E-state index contributed by atoms with van der Waals surface area (Å²) in [6.45, 7) is 1.78. The Morgan fingerprint density at radius 2 is 1.71 bits per heavy atom. The van der Waals surface area contributed by atoms with E-state index in [1.165, 1.54) is 11.6 Å². The van der Waals surface area contributed by atoms with Gasteiger partial charge in [0.2, 0.25) is 0 Å². The van der Waals surface area contributed by atoms with Crippen molar-refractivity contribution in [2.24, 2.45) is 10.9 Å². The summed E-state index contributed by atoms with van der Waals surface area (Å²) < 4.78 is 37.7. The number of aryl methyl sites for hydroxylation is 1. The zero-order valence-corrected chi connectivity index (χ0v) is 16.8. The smallest absolute Gasteiger partial charge is 0.180 e. The second-order valence-electron chi connectivity index (χ2n) is 8.42. The Morgan fingerprint density at radius 3 is 2.46 bits per heavy atom. The highest BCUT2D eigenvalue weighted by Crippen LogP contribution is 2.46. The summed E-state index contributed by atoms with van der Waals surface area (Å²) in [5.41, 5.74) is 5.04. The van der Waals surface area contributed by atoms with Gasteiger partial charge in [0.25, 0.3) is 0 Å². The summed E-state index contributed by atoms with van der Waals surface area (Å²) in [6.07, 6.45) is 5.03. The van der Waals surface area contributed by atoms with Crippen LogP contribution in [0, 0.1) is 18.7 Å². The maximum absolute atomic E-state index is 13.5. The first kappa shape index (κ1) is 18.0. The van der Waals surface area contributed by atoms with Crippen LogP contribution in [0.2, 0.25) is 0 Å². The third-order valence-corrected chi connectivity index (χ3v) is 8.83. The van der Waals surface area contributed by atoms with E-state index in [2.05, 4.69) is 24.3 Å². The SMILES string of the molecule is Cc1cc(-c2ccc([C@@H]3CCCC4CCC5C(N=C43)S5(=O)=O)cc2)ccc1F. The minimum atomic E-state index is -2.98. The number of halogens is 1. The number of hydrogen-bond acceptors (Lipinski definition) is 3. The van der Waals surface area contributed by atoms with Crippen molar-refractivity contribution in [2.45, 2.75) is 55.6 Å². The largest absolute Gasteiger partial charge is 0.272 e. The second kappa shape index (κ2) is 6.51. The lowest BCUT2D eigenvalue weighted by Crippen LogP contribution is -2.27. The van der Waals surface area contributed by atoms with Gasteiger partial charge in [-0.3, -0.25) is 4.99 Å². The monoisotopic (exact) mass is 397 g/mol. The van der Waals surface area contributed by atoms with Crippen molar-refractivity contribution in [3.05, 3.63) is 59.4 Å². The Bertz CT molecular complexity index is 1060. The van der Waals surface area contributed by atoms with Crippen molar-refractivity contribution in [2.75, 3.05) is 0 Å². The lowest BCUT2D eigenvalue weighted by molar-refractivity contribution is 0.470. The van der Waals surface area contributed by atoms with E-state index in [1.807, 2.05) is 12.1 Å². The van der Waals surface area contributed by atoms with Crippen LogP contribution in [0.3, 0.4) is 0 Å². The molecule has 3 unspecified atom stereocenters. The molecule has 5 rings (SSSR count). The van der Waals surface area contributed by atoms with E-state index in [4.69, 9.17) is 4.99 Å². The van der Waals surface area contributed by atoms with Gasteiger partial charge in [0.05, 0.1) is 0 Å². The molecule has 3 aliphatic rings. The Kier molecular flexibility index (Phi) is 4.20. The molecule has 1 aliphatic carbocycles. The summed E-state index contributed by atoms with van der Waals surface area (Å²) in [5, 5.41) is -0.704. The fraction of sp³-hybridized carbons (Fsp3) is 0.435. The Balaban J connectivity index is 1.46. The molecule has 0 N–H and O–H groups in total. The van der Waals surface area contributed by atoms with Crippen LogP contribution in [0.5, 0.6) is 0 Å². The van der Waals surface area contributed by atoms with Gasteiger partial charge in [0.15, 0.2) is 15.2 Å². The fourth-order valence-corrected chi connectivity index (χ4v) is 6.81. The first-order valence-electron chi connectivity index (χ1n) is 10.1. The molecule has 3 nitrogen and oxygen atoms in total. The summed E-state index contributed by atoms with van der Waals surface area (Å²) in [5.74, 6) is 0.465. The molecule has 4 atom stereocenters. The molecule has 2 aromatic rings. The molecule has 2 heterocycles. The predicted octanol–water partition coefficient (Wildman–Crippen LogP) is 5.04. The van der Waals surface area contributed by atoms with Gasteiger partial charge in [-0.05, 0) is 72.9 Å². The predicted molar refractivity (Wildman–Crippen MR) is 110 cm³/mol. The normalized spacial score (nSPS) is 30.6. The van der Waals surface area contributed by atoms with Crippen molar-refractivity contribution >= 4 is 15.5 Å².